The molecule has 0 amide bonds. The minimum absolute atomic E-state index is 0.366. The number of H-pyrrole nitrogens is 2. The normalized spacial score (nSPS) is 21.8. The zero-order valence-corrected chi connectivity index (χ0v) is 15.0. The Bertz CT molecular complexity index is 1090. The van der Waals surface area contributed by atoms with Crippen molar-refractivity contribution in [3.63, 3.8) is 0 Å². The summed E-state index contributed by atoms with van der Waals surface area (Å²) in [5.41, 5.74) is 1.96. The van der Waals surface area contributed by atoms with Gasteiger partial charge in [-0.15, -0.1) is 0 Å². The van der Waals surface area contributed by atoms with Crippen molar-refractivity contribution in [2.24, 2.45) is 11.8 Å². The molecule has 4 heterocycles. The van der Waals surface area contributed by atoms with Crippen LogP contribution in [0.25, 0.3) is 11.0 Å². The van der Waals surface area contributed by atoms with Gasteiger partial charge in [-0.3, -0.25) is 14.8 Å². The van der Waals surface area contributed by atoms with Gasteiger partial charge < -0.3 is 9.80 Å². The Hall–Kier alpha value is -3.16. The molecule has 2 saturated heterocycles. The average molecular weight is 364 g/mol. The van der Waals surface area contributed by atoms with Gasteiger partial charge in [0.2, 0.25) is 0 Å². The van der Waals surface area contributed by atoms with Gasteiger partial charge in [-0.1, -0.05) is 12.1 Å². The van der Waals surface area contributed by atoms with Crippen molar-refractivity contribution >= 4 is 22.7 Å². The number of hydrogen-bond donors (Lipinski definition) is 2. The third-order valence-corrected chi connectivity index (χ3v) is 5.59. The lowest BCUT2D eigenvalue weighted by Crippen LogP contribution is -2.32. The summed E-state index contributed by atoms with van der Waals surface area (Å²) in [4.78, 5) is 42.0. The number of benzene rings is 1. The summed E-state index contributed by atoms with van der Waals surface area (Å²) in [7, 11) is 0. The Morgan fingerprint density at radius 2 is 1.56 bits per heavy atom. The molecular formula is C19H20N6O2. The number of fused-ring (bicyclic) bond motifs is 2. The minimum atomic E-state index is -0.460. The van der Waals surface area contributed by atoms with Crippen LogP contribution in [0.2, 0.25) is 0 Å². The number of nitrogens with one attached hydrogen (secondary N) is 2. The van der Waals surface area contributed by atoms with E-state index in [9.17, 15) is 9.59 Å². The molecule has 27 heavy (non-hydrogen) atoms. The molecule has 2 N–H and O–H groups in total. The second-order valence-electron chi connectivity index (χ2n) is 7.42. The fraction of sp³-hybridized carbons (Fsp3) is 0.368. The Labute approximate surface area is 154 Å². The highest BCUT2D eigenvalue weighted by atomic mass is 16.2. The number of aromatic amines is 2. The van der Waals surface area contributed by atoms with Gasteiger partial charge in [-0.05, 0) is 19.1 Å². The topological polar surface area (TPSA) is 98.0 Å². The van der Waals surface area contributed by atoms with Gasteiger partial charge in [0.25, 0.3) is 5.56 Å². The first-order chi connectivity index (χ1) is 13.1. The van der Waals surface area contributed by atoms with Gasteiger partial charge >= 0.3 is 5.69 Å². The van der Waals surface area contributed by atoms with E-state index in [1.807, 2.05) is 31.2 Å². The van der Waals surface area contributed by atoms with Crippen molar-refractivity contribution in [3.8, 4) is 0 Å². The van der Waals surface area contributed by atoms with Gasteiger partial charge in [0.05, 0.1) is 16.7 Å². The third-order valence-electron chi connectivity index (χ3n) is 5.59. The molecule has 2 atom stereocenters. The van der Waals surface area contributed by atoms with E-state index in [0.717, 1.165) is 48.7 Å². The van der Waals surface area contributed by atoms with Gasteiger partial charge in [-0.25, -0.2) is 14.8 Å². The van der Waals surface area contributed by atoms with E-state index in [2.05, 4.69) is 19.8 Å². The van der Waals surface area contributed by atoms with Crippen molar-refractivity contribution in [1.29, 1.82) is 0 Å². The van der Waals surface area contributed by atoms with Crippen molar-refractivity contribution in [2.45, 2.75) is 6.92 Å². The highest BCUT2D eigenvalue weighted by Crippen LogP contribution is 2.35. The Morgan fingerprint density at radius 1 is 0.926 bits per heavy atom. The fourth-order valence-corrected chi connectivity index (χ4v) is 4.37. The fourth-order valence-electron chi connectivity index (χ4n) is 4.37. The standard InChI is InChI=1S/C19H20N6O2/c1-11-18(21-15-5-3-2-4-14(15)20-11)25-9-12-7-24(8-13(12)10-25)16-6-17(26)23-19(27)22-16/h2-6,12-13H,7-10H2,1H3,(H2,22,23,26,27). The number of hydrogen-bond acceptors (Lipinski definition) is 6. The van der Waals surface area contributed by atoms with Crippen LogP contribution in [0, 0.1) is 18.8 Å². The minimum Gasteiger partial charge on any atom is -0.357 e. The number of para-hydroxylation sites is 2. The molecule has 0 aliphatic carbocycles. The third kappa shape index (κ3) is 2.77. The number of anilines is 2. The summed E-state index contributed by atoms with van der Waals surface area (Å²) in [5, 5.41) is 0. The SMILES string of the molecule is Cc1nc2ccccc2nc1N1CC2CN(c3cc(=O)[nH]c(=O)[nH]3)CC2C1. The molecule has 8 nitrogen and oxygen atoms in total. The summed E-state index contributed by atoms with van der Waals surface area (Å²) < 4.78 is 0. The lowest BCUT2D eigenvalue weighted by Gasteiger charge is -2.24. The molecule has 3 aromatic rings. The predicted molar refractivity (Wildman–Crippen MR) is 103 cm³/mol. The van der Waals surface area contributed by atoms with E-state index in [1.165, 1.54) is 6.07 Å². The molecule has 2 fully saturated rings. The molecule has 1 aromatic carbocycles. The molecule has 0 bridgehead atoms. The lowest BCUT2D eigenvalue weighted by atomic mass is 10.0. The molecule has 2 aliphatic rings. The van der Waals surface area contributed by atoms with Crippen LogP contribution in [0.15, 0.2) is 39.9 Å². The van der Waals surface area contributed by atoms with Crippen LogP contribution in [0.4, 0.5) is 11.6 Å². The predicted octanol–water partition coefficient (Wildman–Crippen LogP) is 0.887. The van der Waals surface area contributed by atoms with Crippen LogP contribution < -0.4 is 21.0 Å². The van der Waals surface area contributed by atoms with E-state index in [-0.39, 0.29) is 5.56 Å². The Morgan fingerprint density at radius 3 is 2.22 bits per heavy atom. The number of nitrogens with zero attached hydrogens (tertiary/aromatic N) is 4. The van der Waals surface area contributed by atoms with E-state index in [0.29, 0.717) is 17.7 Å². The van der Waals surface area contributed by atoms with Crippen LogP contribution in [-0.4, -0.2) is 46.1 Å². The molecule has 5 rings (SSSR count). The largest absolute Gasteiger partial charge is 0.357 e. The van der Waals surface area contributed by atoms with Crippen molar-refractivity contribution in [3.05, 3.63) is 56.9 Å². The maximum atomic E-state index is 11.6. The second-order valence-corrected chi connectivity index (χ2v) is 7.42. The summed E-state index contributed by atoms with van der Waals surface area (Å²) in [6.45, 7) is 5.46. The quantitative estimate of drug-likeness (QED) is 0.701. The molecule has 0 radical (unpaired) electrons. The second kappa shape index (κ2) is 5.94. The van der Waals surface area contributed by atoms with Gasteiger partial charge in [0, 0.05) is 44.1 Å². The number of aromatic nitrogens is 4. The summed E-state index contributed by atoms with van der Waals surface area (Å²) in [6, 6.07) is 9.39. The van der Waals surface area contributed by atoms with Crippen molar-refractivity contribution < 1.29 is 0 Å². The Balaban J connectivity index is 1.37. The van der Waals surface area contributed by atoms with Crippen LogP contribution in [-0.2, 0) is 0 Å². The molecule has 2 unspecified atom stereocenters. The molecular weight excluding hydrogens is 344 g/mol. The number of rotatable bonds is 2. The molecule has 0 saturated carbocycles. The van der Waals surface area contributed by atoms with Gasteiger partial charge in [-0.2, -0.15) is 0 Å². The number of aryl methyl sites for hydroxylation is 1. The highest BCUT2D eigenvalue weighted by Gasteiger charge is 2.41. The molecule has 2 aliphatic heterocycles. The van der Waals surface area contributed by atoms with Crippen LogP contribution >= 0.6 is 0 Å². The monoisotopic (exact) mass is 364 g/mol. The molecule has 0 spiro atoms. The van der Waals surface area contributed by atoms with Crippen LogP contribution in [0.5, 0.6) is 0 Å². The van der Waals surface area contributed by atoms with Gasteiger partial charge in [0.1, 0.15) is 5.82 Å². The smallest absolute Gasteiger partial charge is 0.327 e. The lowest BCUT2D eigenvalue weighted by molar-refractivity contribution is 0.533. The van der Waals surface area contributed by atoms with E-state index < -0.39 is 5.69 Å². The van der Waals surface area contributed by atoms with Crippen molar-refractivity contribution in [2.75, 3.05) is 36.0 Å². The first-order valence-electron chi connectivity index (χ1n) is 9.14. The maximum absolute atomic E-state index is 11.6. The summed E-state index contributed by atoms with van der Waals surface area (Å²) >= 11 is 0. The molecule has 138 valence electrons. The van der Waals surface area contributed by atoms with Crippen molar-refractivity contribution in [1.82, 2.24) is 19.9 Å². The van der Waals surface area contributed by atoms with E-state index in [4.69, 9.17) is 9.97 Å². The van der Waals surface area contributed by atoms with E-state index in [1.54, 1.807) is 0 Å². The zero-order valence-electron chi connectivity index (χ0n) is 15.0. The van der Waals surface area contributed by atoms with Crippen LogP contribution in [0.3, 0.4) is 0 Å². The van der Waals surface area contributed by atoms with Gasteiger partial charge in [0.15, 0.2) is 5.82 Å². The Kier molecular flexibility index (Phi) is 3.53. The summed E-state index contributed by atoms with van der Waals surface area (Å²) in [6.07, 6.45) is 0. The summed E-state index contributed by atoms with van der Waals surface area (Å²) in [5.74, 6) is 2.51. The first kappa shape index (κ1) is 16.0. The molecule has 8 heteroatoms. The zero-order chi connectivity index (χ0) is 18.5. The molecule has 2 aromatic heterocycles. The first-order valence-corrected chi connectivity index (χ1v) is 9.14. The maximum Gasteiger partial charge on any atom is 0.327 e. The average Bonchev–Trinajstić information content (AvgIpc) is 3.19. The highest BCUT2D eigenvalue weighted by molar-refractivity contribution is 5.76. The van der Waals surface area contributed by atoms with E-state index >= 15 is 0 Å². The van der Waals surface area contributed by atoms with Crippen LogP contribution in [0.1, 0.15) is 5.69 Å².